The summed E-state index contributed by atoms with van der Waals surface area (Å²) in [6, 6.07) is 7.06. The number of aromatic nitrogens is 1. The molecule has 0 spiro atoms. The standard InChI is InChI=1S/C20H23N5O6S2/c1-12(2)8-10-25-20(27)17(18(26)15-5-4-9-24(15)25)19-21-14-7-6-13(22-32(3,28)29)11-16(14)33(30,31)23-19/h4-7,9,11-12,17,22H,8,10H2,1-3H3,(H,21,23). The zero-order chi connectivity index (χ0) is 24.1. The largest absolute Gasteiger partial charge is 0.341 e. The van der Waals surface area contributed by atoms with Crippen LogP contribution >= 0.6 is 0 Å². The second-order valence-corrected chi connectivity index (χ2v) is 11.7. The van der Waals surface area contributed by atoms with Gasteiger partial charge in [-0.3, -0.25) is 19.0 Å². The first-order valence-corrected chi connectivity index (χ1v) is 13.5. The van der Waals surface area contributed by atoms with Gasteiger partial charge in [0.25, 0.3) is 15.9 Å². The van der Waals surface area contributed by atoms with Crippen LogP contribution in [-0.2, 0) is 24.8 Å². The number of hydrogen-bond donors (Lipinski definition) is 2. The van der Waals surface area contributed by atoms with Crippen LogP contribution < -0.4 is 15.0 Å². The molecule has 13 heteroatoms. The molecule has 0 radical (unpaired) electrons. The van der Waals surface area contributed by atoms with Gasteiger partial charge in [0.05, 0.1) is 11.9 Å². The molecule has 2 N–H and O–H groups in total. The molecule has 0 fully saturated rings. The molecule has 1 atom stereocenters. The fraction of sp³-hybridized carbons (Fsp3) is 0.350. The Hall–Kier alpha value is -3.19. The van der Waals surface area contributed by atoms with Gasteiger partial charge < -0.3 is 5.32 Å². The summed E-state index contributed by atoms with van der Waals surface area (Å²) in [5.41, 5.74) is 0.390. The normalized spacial score (nSPS) is 19.6. The van der Waals surface area contributed by atoms with E-state index in [0.717, 1.165) is 12.3 Å². The van der Waals surface area contributed by atoms with Crippen LogP contribution in [0.2, 0.25) is 0 Å². The van der Waals surface area contributed by atoms with E-state index >= 15 is 0 Å². The molecule has 2 aliphatic rings. The van der Waals surface area contributed by atoms with Crippen molar-refractivity contribution in [3.63, 3.8) is 0 Å². The number of fused-ring (bicyclic) bond motifs is 2. The van der Waals surface area contributed by atoms with E-state index in [0.29, 0.717) is 18.9 Å². The van der Waals surface area contributed by atoms with Crippen molar-refractivity contribution in [3.8, 4) is 0 Å². The van der Waals surface area contributed by atoms with Gasteiger partial charge in [-0.05, 0) is 42.7 Å². The predicted molar refractivity (Wildman–Crippen MR) is 123 cm³/mol. The van der Waals surface area contributed by atoms with E-state index in [1.54, 1.807) is 18.3 Å². The van der Waals surface area contributed by atoms with E-state index in [4.69, 9.17) is 0 Å². The Bertz CT molecular complexity index is 1390. The fourth-order valence-corrected chi connectivity index (χ4v) is 5.45. The van der Waals surface area contributed by atoms with Crippen molar-refractivity contribution in [2.75, 3.05) is 27.8 Å². The SMILES string of the molecule is CC(C)CCN1C(=O)C(C2=NS(=O)(=O)c3cc(NS(C)(=O)=O)ccc3N2)C(=O)c2cccn21. The number of carbonyl (C=O) groups is 2. The van der Waals surface area contributed by atoms with Crippen molar-refractivity contribution in [2.24, 2.45) is 16.2 Å². The molecule has 0 saturated heterocycles. The molecule has 2 aromatic rings. The minimum Gasteiger partial charge on any atom is -0.341 e. The number of amidine groups is 1. The molecule has 1 aromatic heterocycles. The van der Waals surface area contributed by atoms with E-state index in [2.05, 4.69) is 14.4 Å². The molecule has 1 unspecified atom stereocenters. The van der Waals surface area contributed by atoms with Crippen molar-refractivity contribution in [1.29, 1.82) is 0 Å². The van der Waals surface area contributed by atoms with E-state index in [1.807, 2.05) is 13.8 Å². The number of rotatable bonds is 6. The maximum Gasteiger partial charge on any atom is 0.286 e. The van der Waals surface area contributed by atoms with E-state index < -0.39 is 37.7 Å². The van der Waals surface area contributed by atoms with Crippen LogP contribution in [0, 0.1) is 11.8 Å². The Kier molecular flexibility index (Phi) is 5.56. The highest BCUT2D eigenvalue weighted by Crippen LogP contribution is 2.33. The molecular weight excluding hydrogens is 470 g/mol. The lowest BCUT2D eigenvalue weighted by molar-refractivity contribution is -0.121. The van der Waals surface area contributed by atoms with Gasteiger partial charge in [-0.1, -0.05) is 13.8 Å². The first kappa shape index (κ1) is 23.0. The lowest BCUT2D eigenvalue weighted by Gasteiger charge is -2.35. The summed E-state index contributed by atoms with van der Waals surface area (Å²) in [5.74, 6) is -2.57. The zero-order valence-corrected chi connectivity index (χ0v) is 19.8. The highest BCUT2D eigenvalue weighted by atomic mass is 32.2. The quantitative estimate of drug-likeness (QED) is 0.578. The minimum absolute atomic E-state index is 0.0442. The molecule has 2 aliphatic heterocycles. The molecule has 0 aliphatic carbocycles. The Morgan fingerprint density at radius 2 is 1.94 bits per heavy atom. The molecule has 33 heavy (non-hydrogen) atoms. The van der Waals surface area contributed by atoms with E-state index in [-0.39, 0.29) is 27.8 Å². The number of carbonyl (C=O) groups excluding carboxylic acids is 2. The maximum atomic E-state index is 13.3. The van der Waals surface area contributed by atoms with Crippen LogP contribution in [0.4, 0.5) is 11.4 Å². The number of anilines is 2. The molecule has 1 aromatic carbocycles. The number of ketones is 1. The van der Waals surface area contributed by atoms with Crippen LogP contribution in [0.1, 0.15) is 30.8 Å². The first-order valence-electron chi connectivity index (χ1n) is 10.1. The fourth-order valence-electron chi connectivity index (χ4n) is 3.71. The van der Waals surface area contributed by atoms with Gasteiger partial charge >= 0.3 is 0 Å². The van der Waals surface area contributed by atoms with Crippen molar-refractivity contribution in [2.45, 2.75) is 25.2 Å². The van der Waals surface area contributed by atoms with Crippen molar-refractivity contribution in [1.82, 2.24) is 4.68 Å². The van der Waals surface area contributed by atoms with Gasteiger partial charge in [0.2, 0.25) is 15.8 Å². The molecule has 176 valence electrons. The van der Waals surface area contributed by atoms with Gasteiger partial charge in [0, 0.05) is 18.4 Å². The first-order chi connectivity index (χ1) is 15.4. The third-order valence-corrected chi connectivity index (χ3v) is 7.18. The third kappa shape index (κ3) is 4.37. The number of sulfonamides is 2. The molecule has 0 saturated carbocycles. The van der Waals surface area contributed by atoms with Gasteiger partial charge in [-0.15, -0.1) is 4.40 Å². The molecule has 1 amide bonds. The van der Waals surface area contributed by atoms with Gasteiger partial charge in [-0.2, -0.15) is 8.42 Å². The Balaban J connectivity index is 1.73. The number of nitrogens with one attached hydrogen (secondary N) is 2. The summed E-state index contributed by atoms with van der Waals surface area (Å²) in [6.07, 6.45) is 3.23. The monoisotopic (exact) mass is 493 g/mol. The van der Waals surface area contributed by atoms with Crippen molar-refractivity contribution in [3.05, 3.63) is 42.2 Å². The number of benzene rings is 1. The smallest absolute Gasteiger partial charge is 0.286 e. The summed E-state index contributed by atoms with van der Waals surface area (Å²) in [7, 11) is -7.93. The van der Waals surface area contributed by atoms with Gasteiger partial charge in [0.15, 0.2) is 5.92 Å². The van der Waals surface area contributed by atoms with Gasteiger partial charge in [0.1, 0.15) is 16.4 Å². The summed E-state index contributed by atoms with van der Waals surface area (Å²) >= 11 is 0. The Labute approximate surface area is 191 Å². The summed E-state index contributed by atoms with van der Waals surface area (Å²) in [6.45, 7) is 4.37. The molecule has 0 bridgehead atoms. The number of amides is 1. The van der Waals surface area contributed by atoms with Crippen LogP contribution in [0.3, 0.4) is 0 Å². The number of nitrogens with zero attached hydrogens (tertiary/aromatic N) is 3. The van der Waals surface area contributed by atoms with Crippen LogP contribution in [0.25, 0.3) is 0 Å². The van der Waals surface area contributed by atoms with Crippen molar-refractivity contribution < 1.29 is 26.4 Å². The molecular formula is C20H23N5O6S2. The average Bonchev–Trinajstić information content (AvgIpc) is 3.16. The lowest BCUT2D eigenvalue weighted by atomic mass is 9.96. The zero-order valence-electron chi connectivity index (χ0n) is 18.1. The summed E-state index contributed by atoms with van der Waals surface area (Å²) < 4.78 is 56.2. The Morgan fingerprint density at radius 3 is 2.61 bits per heavy atom. The number of Topliss-reactive ketones (excluding diaryl/α,β-unsaturated/α-hetero) is 1. The van der Waals surface area contributed by atoms with E-state index in [9.17, 15) is 26.4 Å². The topological polar surface area (TPSA) is 147 Å². The highest BCUT2D eigenvalue weighted by Gasteiger charge is 2.44. The summed E-state index contributed by atoms with van der Waals surface area (Å²) in [5, 5.41) is 4.22. The molecule has 4 rings (SSSR count). The maximum absolute atomic E-state index is 13.3. The summed E-state index contributed by atoms with van der Waals surface area (Å²) in [4.78, 5) is 26.2. The van der Waals surface area contributed by atoms with Crippen molar-refractivity contribution >= 4 is 48.9 Å². The molecule has 11 nitrogen and oxygen atoms in total. The highest BCUT2D eigenvalue weighted by molar-refractivity contribution is 7.92. The van der Waals surface area contributed by atoms with E-state index in [1.165, 1.54) is 21.8 Å². The molecule has 3 heterocycles. The Morgan fingerprint density at radius 1 is 1.21 bits per heavy atom. The minimum atomic E-state index is -4.31. The predicted octanol–water partition coefficient (Wildman–Crippen LogP) is 1.40. The average molecular weight is 494 g/mol. The van der Waals surface area contributed by atoms with Crippen LogP contribution in [0.5, 0.6) is 0 Å². The van der Waals surface area contributed by atoms with Crippen LogP contribution in [0.15, 0.2) is 45.8 Å². The second-order valence-electron chi connectivity index (χ2n) is 8.34. The number of hydrogen-bond acceptors (Lipinski definition) is 7. The van der Waals surface area contributed by atoms with Gasteiger partial charge in [-0.25, -0.2) is 13.4 Å². The second kappa shape index (κ2) is 7.99. The third-order valence-electron chi connectivity index (χ3n) is 5.24. The lowest BCUT2D eigenvalue weighted by Crippen LogP contribution is -2.56. The van der Waals surface area contributed by atoms with Crippen LogP contribution in [-0.4, -0.2) is 51.8 Å².